The van der Waals surface area contributed by atoms with Crippen LogP contribution in [0, 0.1) is 10.1 Å². The molecule has 0 bridgehead atoms. The maximum Gasteiger partial charge on any atom is 0.269 e. The van der Waals surface area contributed by atoms with Crippen LogP contribution in [0.3, 0.4) is 0 Å². The predicted molar refractivity (Wildman–Crippen MR) is 74.3 cm³/mol. The van der Waals surface area contributed by atoms with Gasteiger partial charge in [0.05, 0.1) is 10.4 Å². The van der Waals surface area contributed by atoms with Gasteiger partial charge < -0.3 is 10.3 Å². The molecule has 19 heavy (non-hydrogen) atoms. The van der Waals surface area contributed by atoms with Crippen LogP contribution in [0.25, 0.3) is 16.6 Å². The van der Waals surface area contributed by atoms with Crippen LogP contribution in [0.4, 0.5) is 11.4 Å². The topological polar surface area (TPSA) is 74.1 Å². The molecule has 0 fully saturated rings. The lowest BCUT2D eigenvalue weighted by Crippen LogP contribution is -1.93. The molecule has 3 aromatic rings. The molecule has 0 radical (unpaired) electrons. The Labute approximate surface area is 109 Å². The fraction of sp³-hybridized carbons (Fsp3) is 0. The minimum atomic E-state index is -0.405. The largest absolute Gasteiger partial charge is 0.399 e. The van der Waals surface area contributed by atoms with Gasteiger partial charge in [-0.1, -0.05) is 0 Å². The first-order chi connectivity index (χ1) is 9.15. The standard InChI is InChI=1S/C14H11N3O2/c15-11-1-6-14-10(9-11)7-8-16(14)12-2-4-13(5-3-12)17(18)19/h1-9H,15H2. The van der Waals surface area contributed by atoms with Crippen molar-refractivity contribution in [3.05, 3.63) is 64.8 Å². The summed E-state index contributed by atoms with van der Waals surface area (Å²) in [7, 11) is 0. The van der Waals surface area contributed by atoms with Gasteiger partial charge in [0.1, 0.15) is 0 Å². The number of nitrogen functional groups attached to an aromatic ring is 1. The summed E-state index contributed by atoms with van der Waals surface area (Å²) in [6.45, 7) is 0. The molecular weight excluding hydrogens is 242 g/mol. The summed E-state index contributed by atoms with van der Waals surface area (Å²) >= 11 is 0. The van der Waals surface area contributed by atoms with E-state index in [4.69, 9.17) is 5.73 Å². The molecule has 0 spiro atoms. The summed E-state index contributed by atoms with van der Waals surface area (Å²) in [6.07, 6.45) is 1.92. The Hall–Kier alpha value is -2.82. The third-order valence-corrected chi connectivity index (χ3v) is 3.05. The molecule has 0 unspecified atom stereocenters. The predicted octanol–water partition coefficient (Wildman–Crippen LogP) is 3.12. The van der Waals surface area contributed by atoms with E-state index in [1.54, 1.807) is 12.1 Å². The van der Waals surface area contributed by atoms with Crippen molar-refractivity contribution in [2.75, 3.05) is 5.73 Å². The lowest BCUT2D eigenvalue weighted by atomic mass is 10.2. The van der Waals surface area contributed by atoms with Crippen molar-refractivity contribution < 1.29 is 4.92 Å². The number of benzene rings is 2. The molecule has 3 rings (SSSR count). The van der Waals surface area contributed by atoms with Gasteiger partial charge in [0.25, 0.3) is 5.69 Å². The number of hydrogen-bond donors (Lipinski definition) is 1. The number of aromatic nitrogens is 1. The molecule has 0 aliphatic rings. The second kappa shape index (κ2) is 4.13. The number of nitrogens with zero attached hydrogens (tertiary/aromatic N) is 2. The molecule has 94 valence electrons. The van der Waals surface area contributed by atoms with Crippen LogP contribution in [-0.2, 0) is 0 Å². The van der Waals surface area contributed by atoms with Crippen LogP contribution in [0.15, 0.2) is 54.7 Å². The van der Waals surface area contributed by atoms with Gasteiger partial charge in [0.15, 0.2) is 0 Å². The third kappa shape index (κ3) is 1.91. The highest BCUT2D eigenvalue weighted by Crippen LogP contribution is 2.23. The summed E-state index contributed by atoms with van der Waals surface area (Å²) in [5, 5.41) is 11.7. The fourth-order valence-electron chi connectivity index (χ4n) is 2.12. The number of nitro groups is 1. The van der Waals surface area contributed by atoms with E-state index in [-0.39, 0.29) is 5.69 Å². The van der Waals surface area contributed by atoms with E-state index in [2.05, 4.69) is 0 Å². The summed E-state index contributed by atoms with van der Waals surface area (Å²) in [5.41, 5.74) is 8.44. The van der Waals surface area contributed by atoms with E-state index in [0.717, 1.165) is 16.6 Å². The molecule has 2 aromatic carbocycles. The molecular formula is C14H11N3O2. The molecule has 0 saturated carbocycles. The molecule has 5 heteroatoms. The van der Waals surface area contributed by atoms with E-state index < -0.39 is 4.92 Å². The quantitative estimate of drug-likeness (QED) is 0.433. The SMILES string of the molecule is Nc1ccc2c(ccn2-c2ccc([N+](=O)[O-])cc2)c1. The number of non-ortho nitro benzene ring substituents is 1. The maximum atomic E-state index is 10.6. The zero-order valence-corrected chi connectivity index (χ0v) is 9.98. The van der Waals surface area contributed by atoms with Gasteiger partial charge in [0.2, 0.25) is 0 Å². The molecule has 0 saturated heterocycles. The molecule has 1 aromatic heterocycles. The van der Waals surface area contributed by atoms with Gasteiger partial charge in [-0.25, -0.2) is 0 Å². The van der Waals surface area contributed by atoms with Gasteiger partial charge >= 0.3 is 0 Å². The first kappa shape index (κ1) is 11.3. The van der Waals surface area contributed by atoms with E-state index >= 15 is 0 Å². The first-order valence-electron chi connectivity index (χ1n) is 5.76. The van der Waals surface area contributed by atoms with E-state index in [1.165, 1.54) is 12.1 Å². The van der Waals surface area contributed by atoms with Gasteiger partial charge in [-0.2, -0.15) is 0 Å². The van der Waals surface area contributed by atoms with E-state index in [1.807, 2.05) is 35.0 Å². The van der Waals surface area contributed by atoms with E-state index in [0.29, 0.717) is 5.69 Å². The van der Waals surface area contributed by atoms with Crippen molar-refractivity contribution in [3.63, 3.8) is 0 Å². The Balaban J connectivity index is 2.11. The Morgan fingerprint density at radius 1 is 1.05 bits per heavy atom. The van der Waals surface area contributed by atoms with Crippen molar-refractivity contribution in [2.24, 2.45) is 0 Å². The summed E-state index contributed by atoms with van der Waals surface area (Å²) in [4.78, 5) is 10.2. The molecule has 2 N–H and O–H groups in total. The smallest absolute Gasteiger partial charge is 0.269 e. The van der Waals surface area contributed by atoms with Crippen LogP contribution in [0.1, 0.15) is 0 Å². The number of hydrogen-bond acceptors (Lipinski definition) is 3. The van der Waals surface area contributed by atoms with Gasteiger partial charge in [0, 0.05) is 35.1 Å². The van der Waals surface area contributed by atoms with Crippen LogP contribution in [0.2, 0.25) is 0 Å². The number of anilines is 1. The summed E-state index contributed by atoms with van der Waals surface area (Å²) < 4.78 is 1.97. The normalized spacial score (nSPS) is 10.7. The zero-order chi connectivity index (χ0) is 13.4. The van der Waals surface area contributed by atoms with Crippen LogP contribution < -0.4 is 5.73 Å². The highest BCUT2D eigenvalue weighted by molar-refractivity contribution is 5.84. The lowest BCUT2D eigenvalue weighted by Gasteiger charge is -2.05. The van der Waals surface area contributed by atoms with E-state index in [9.17, 15) is 10.1 Å². The van der Waals surface area contributed by atoms with Crippen LogP contribution >= 0.6 is 0 Å². The number of nitrogens with two attached hydrogens (primary N) is 1. The van der Waals surface area contributed by atoms with Gasteiger partial charge in [-0.3, -0.25) is 10.1 Å². The monoisotopic (exact) mass is 253 g/mol. The van der Waals surface area contributed by atoms with Crippen LogP contribution in [-0.4, -0.2) is 9.49 Å². The molecule has 5 nitrogen and oxygen atoms in total. The highest BCUT2D eigenvalue weighted by atomic mass is 16.6. The zero-order valence-electron chi connectivity index (χ0n) is 9.98. The Morgan fingerprint density at radius 3 is 2.47 bits per heavy atom. The minimum absolute atomic E-state index is 0.0875. The average molecular weight is 253 g/mol. The second-order valence-corrected chi connectivity index (χ2v) is 4.28. The Bertz CT molecular complexity index is 760. The second-order valence-electron chi connectivity index (χ2n) is 4.28. The van der Waals surface area contributed by atoms with Crippen LogP contribution in [0.5, 0.6) is 0 Å². The number of fused-ring (bicyclic) bond motifs is 1. The van der Waals surface area contributed by atoms with Crippen molar-refractivity contribution in [1.82, 2.24) is 4.57 Å². The minimum Gasteiger partial charge on any atom is -0.399 e. The lowest BCUT2D eigenvalue weighted by molar-refractivity contribution is -0.384. The van der Waals surface area contributed by atoms with Crippen molar-refractivity contribution in [3.8, 4) is 5.69 Å². The molecule has 1 heterocycles. The average Bonchev–Trinajstić information content (AvgIpc) is 2.81. The summed E-state index contributed by atoms with van der Waals surface area (Å²) in [5.74, 6) is 0. The first-order valence-corrected chi connectivity index (χ1v) is 5.76. The van der Waals surface area contributed by atoms with Crippen molar-refractivity contribution in [2.45, 2.75) is 0 Å². The van der Waals surface area contributed by atoms with Gasteiger partial charge in [-0.15, -0.1) is 0 Å². The maximum absolute atomic E-state index is 10.6. The van der Waals surface area contributed by atoms with Crippen molar-refractivity contribution in [1.29, 1.82) is 0 Å². The third-order valence-electron chi connectivity index (χ3n) is 3.05. The molecule has 0 aliphatic carbocycles. The Kier molecular flexibility index (Phi) is 2.45. The molecule has 0 amide bonds. The molecule has 0 atom stereocenters. The summed E-state index contributed by atoms with van der Waals surface area (Å²) in [6, 6.07) is 14.1. The highest BCUT2D eigenvalue weighted by Gasteiger charge is 2.07. The van der Waals surface area contributed by atoms with Gasteiger partial charge in [-0.05, 0) is 36.4 Å². The fourth-order valence-corrected chi connectivity index (χ4v) is 2.12. The number of rotatable bonds is 2. The Morgan fingerprint density at radius 2 is 1.79 bits per heavy atom. The molecule has 0 aliphatic heterocycles. The van der Waals surface area contributed by atoms with Crippen molar-refractivity contribution >= 4 is 22.3 Å². The number of nitro benzene ring substituents is 1.